The third-order valence-corrected chi connectivity index (χ3v) is 3.57. The molecule has 1 N–H and O–H groups in total. The zero-order chi connectivity index (χ0) is 18.1. The van der Waals surface area contributed by atoms with E-state index in [4.69, 9.17) is 21.1 Å². The molecule has 0 fully saturated rings. The minimum atomic E-state index is -0.215. The van der Waals surface area contributed by atoms with E-state index >= 15 is 0 Å². The van der Waals surface area contributed by atoms with Gasteiger partial charge < -0.3 is 19.4 Å². The summed E-state index contributed by atoms with van der Waals surface area (Å²) in [4.78, 5) is 23.4. The molecule has 1 amide bonds. The van der Waals surface area contributed by atoms with E-state index in [1.165, 1.54) is 10.6 Å². The van der Waals surface area contributed by atoms with Crippen LogP contribution in [0.2, 0.25) is 5.02 Å². The van der Waals surface area contributed by atoms with Crippen LogP contribution in [-0.2, 0) is 11.3 Å². The molecule has 0 saturated heterocycles. The Bertz CT molecular complexity index is 743. The second-order valence-corrected chi connectivity index (χ2v) is 5.71. The normalized spacial score (nSPS) is 10.3. The van der Waals surface area contributed by atoms with Gasteiger partial charge in [0.1, 0.15) is 11.5 Å². The monoisotopic (exact) mass is 364 g/mol. The number of nitrogens with one attached hydrogen (secondary N) is 1. The van der Waals surface area contributed by atoms with E-state index in [1.54, 1.807) is 36.5 Å². The molecule has 1 heterocycles. The van der Waals surface area contributed by atoms with Crippen LogP contribution in [0.25, 0.3) is 0 Å². The number of aromatic nitrogens is 1. The van der Waals surface area contributed by atoms with Crippen molar-refractivity contribution in [3.63, 3.8) is 0 Å². The molecule has 2 aromatic rings. The zero-order valence-electron chi connectivity index (χ0n) is 14.0. The van der Waals surface area contributed by atoms with Crippen molar-refractivity contribution in [1.82, 2.24) is 9.88 Å². The van der Waals surface area contributed by atoms with E-state index in [1.807, 2.05) is 6.92 Å². The minimum absolute atomic E-state index is 0.0644. The molecule has 0 aliphatic carbocycles. The molecule has 1 aromatic heterocycles. The van der Waals surface area contributed by atoms with E-state index < -0.39 is 0 Å². The van der Waals surface area contributed by atoms with Crippen LogP contribution in [0.3, 0.4) is 0 Å². The predicted molar refractivity (Wildman–Crippen MR) is 96.4 cm³/mol. The molecule has 6 nitrogen and oxygen atoms in total. The number of carbonyl (C=O) groups is 1. The molecule has 0 aliphatic rings. The summed E-state index contributed by atoms with van der Waals surface area (Å²) in [5.41, 5.74) is -0.116. The number of pyridine rings is 1. The summed E-state index contributed by atoms with van der Waals surface area (Å²) >= 11 is 5.85. The molecule has 0 spiro atoms. The van der Waals surface area contributed by atoms with Gasteiger partial charge in [0.2, 0.25) is 0 Å². The summed E-state index contributed by atoms with van der Waals surface area (Å²) in [6.07, 6.45) is 2.20. The van der Waals surface area contributed by atoms with Crippen molar-refractivity contribution in [2.24, 2.45) is 0 Å². The molecule has 0 atom stereocenters. The van der Waals surface area contributed by atoms with Crippen LogP contribution in [0.1, 0.15) is 13.3 Å². The minimum Gasteiger partial charge on any atom is -0.494 e. The van der Waals surface area contributed by atoms with Crippen molar-refractivity contribution >= 4 is 17.5 Å². The van der Waals surface area contributed by atoms with Crippen LogP contribution in [0.4, 0.5) is 0 Å². The lowest BCUT2D eigenvalue weighted by molar-refractivity contribution is -0.123. The van der Waals surface area contributed by atoms with Gasteiger partial charge in [-0.2, -0.15) is 0 Å². The molecule has 0 aliphatic heterocycles. The van der Waals surface area contributed by atoms with Crippen molar-refractivity contribution in [1.29, 1.82) is 0 Å². The van der Waals surface area contributed by atoms with Gasteiger partial charge in [0.05, 0.1) is 11.6 Å². The van der Waals surface area contributed by atoms with Gasteiger partial charge in [-0.25, -0.2) is 0 Å². The summed E-state index contributed by atoms with van der Waals surface area (Å²) in [7, 11) is 0. The van der Waals surface area contributed by atoms with Crippen LogP contribution >= 0.6 is 11.6 Å². The highest BCUT2D eigenvalue weighted by atomic mass is 35.5. The van der Waals surface area contributed by atoms with Gasteiger partial charge in [0, 0.05) is 25.4 Å². The average Bonchev–Trinajstić information content (AvgIpc) is 2.61. The quantitative estimate of drug-likeness (QED) is 0.694. The number of nitrogens with zero attached hydrogens (tertiary/aromatic N) is 1. The van der Waals surface area contributed by atoms with Gasteiger partial charge in [0.15, 0.2) is 6.61 Å². The highest BCUT2D eigenvalue weighted by Crippen LogP contribution is 2.17. The van der Waals surface area contributed by atoms with Crippen molar-refractivity contribution < 1.29 is 14.3 Å². The zero-order valence-corrected chi connectivity index (χ0v) is 14.8. The first-order valence-electron chi connectivity index (χ1n) is 8.07. The molecule has 0 bridgehead atoms. The molecule has 1 aromatic carbocycles. The summed E-state index contributed by atoms with van der Waals surface area (Å²) in [6.45, 7) is 3.39. The molecular weight excluding hydrogens is 344 g/mol. The third-order valence-electron chi connectivity index (χ3n) is 3.35. The Hall–Kier alpha value is -2.47. The van der Waals surface area contributed by atoms with Gasteiger partial charge in [-0.1, -0.05) is 11.6 Å². The number of carbonyl (C=O) groups excluding carboxylic acids is 1. The molecule has 25 heavy (non-hydrogen) atoms. The second kappa shape index (κ2) is 9.74. The molecule has 0 saturated carbocycles. The Labute approximate surface area is 151 Å². The molecule has 0 unspecified atom stereocenters. The lowest BCUT2D eigenvalue weighted by Gasteiger charge is -2.09. The van der Waals surface area contributed by atoms with Crippen LogP contribution in [0.5, 0.6) is 11.5 Å². The van der Waals surface area contributed by atoms with Gasteiger partial charge in [-0.15, -0.1) is 0 Å². The van der Waals surface area contributed by atoms with E-state index in [-0.39, 0.29) is 18.1 Å². The fourth-order valence-electron chi connectivity index (χ4n) is 2.15. The Balaban J connectivity index is 1.67. The van der Waals surface area contributed by atoms with Crippen molar-refractivity contribution in [3.8, 4) is 11.5 Å². The van der Waals surface area contributed by atoms with Crippen molar-refractivity contribution in [2.45, 2.75) is 19.9 Å². The van der Waals surface area contributed by atoms with Gasteiger partial charge in [0.25, 0.3) is 11.5 Å². The predicted octanol–water partition coefficient (Wildman–Crippen LogP) is 2.49. The Morgan fingerprint density at radius 1 is 1.12 bits per heavy atom. The number of halogens is 1. The fraction of sp³-hybridized carbons (Fsp3) is 0.333. The van der Waals surface area contributed by atoms with E-state index in [2.05, 4.69) is 5.32 Å². The second-order valence-electron chi connectivity index (χ2n) is 5.28. The maximum Gasteiger partial charge on any atom is 0.257 e. The van der Waals surface area contributed by atoms with Crippen LogP contribution in [0.15, 0.2) is 47.4 Å². The fourth-order valence-corrected chi connectivity index (χ4v) is 2.33. The summed E-state index contributed by atoms with van der Waals surface area (Å²) in [5.74, 6) is 1.15. The molecule has 7 heteroatoms. The highest BCUT2D eigenvalue weighted by molar-refractivity contribution is 6.30. The van der Waals surface area contributed by atoms with Crippen LogP contribution < -0.4 is 20.3 Å². The first kappa shape index (κ1) is 18.9. The summed E-state index contributed by atoms with van der Waals surface area (Å²) in [6, 6.07) is 10.1. The number of hydrogen-bond donors (Lipinski definition) is 1. The van der Waals surface area contributed by atoms with E-state index in [0.717, 1.165) is 5.75 Å². The lowest BCUT2D eigenvalue weighted by Crippen LogP contribution is -2.30. The number of rotatable bonds is 9. The maximum atomic E-state index is 11.8. The topological polar surface area (TPSA) is 69.6 Å². The largest absolute Gasteiger partial charge is 0.494 e. The third kappa shape index (κ3) is 6.51. The smallest absolute Gasteiger partial charge is 0.257 e. The SMILES string of the molecule is CCOc1ccc(OCC(=O)NCCCn2cc(Cl)ccc2=O)cc1. The Morgan fingerprint density at radius 2 is 1.80 bits per heavy atom. The van der Waals surface area contributed by atoms with E-state index in [9.17, 15) is 9.59 Å². The Kier molecular flexibility index (Phi) is 7.35. The lowest BCUT2D eigenvalue weighted by atomic mass is 10.3. The number of amides is 1. The maximum absolute atomic E-state index is 11.8. The van der Waals surface area contributed by atoms with Crippen molar-refractivity contribution in [2.75, 3.05) is 19.8 Å². The first-order valence-corrected chi connectivity index (χ1v) is 8.44. The first-order chi connectivity index (χ1) is 12.1. The molecule has 2 rings (SSSR count). The summed E-state index contributed by atoms with van der Waals surface area (Å²) < 4.78 is 12.3. The van der Waals surface area contributed by atoms with Gasteiger partial charge in [-0.3, -0.25) is 9.59 Å². The number of aryl methyl sites for hydroxylation is 1. The van der Waals surface area contributed by atoms with Crippen LogP contribution in [0, 0.1) is 0 Å². The molecular formula is C18H21ClN2O4. The average molecular weight is 365 g/mol. The number of benzene rings is 1. The van der Waals surface area contributed by atoms with Crippen molar-refractivity contribution in [3.05, 3.63) is 58.0 Å². The van der Waals surface area contributed by atoms with Crippen LogP contribution in [-0.4, -0.2) is 30.2 Å². The highest BCUT2D eigenvalue weighted by Gasteiger charge is 2.03. The Morgan fingerprint density at radius 3 is 2.48 bits per heavy atom. The molecule has 134 valence electrons. The number of ether oxygens (including phenoxy) is 2. The molecule has 0 radical (unpaired) electrons. The van der Waals surface area contributed by atoms with Gasteiger partial charge in [-0.05, 0) is 43.7 Å². The summed E-state index contributed by atoms with van der Waals surface area (Å²) in [5, 5.41) is 3.26. The van der Waals surface area contributed by atoms with Gasteiger partial charge >= 0.3 is 0 Å². The number of hydrogen-bond acceptors (Lipinski definition) is 4. The standard InChI is InChI=1S/C18H21ClN2O4/c1-2-24-15-5-7-16(8-6-15)25-13-17(22)20-10-3-11-21-12-14(19)4-9-18(21)23/h4-9,12H,2-3,10-11,13H2,1H3,(H,20,22). The van der Waals surface area contributed by atoms with E-state index in [0.29, 0.717) is 36.9 Å².